The molecule has 0 aromatic carbocycles. The van der Waals surface area contributed by atoms with E-state index in [-0.39, 0.29) is 0 Å². The molecular weight excluding hydrogens is 316 g/mol. The summed E-state index contributed by atoms with van der Waals surface area (Å²) in [5.41, 5.74) is 3.61. The van der Waals surface area contributed by atoms with Crippen molar-refractivity contribution in [3.8, 4) is 0 Å². The zero-order valence-electron chi connectivity index (χ0n) is 15.4. The van der Waals surface area contributed by atoms with E-state index in [0.29, 0.717) is 12.5 Å². The summed E-state index contributed by atoms with van der Waals surface area (Å²) in [6, 6.07) is 4.14. The van der Waals surface area contributed by atoms with Crippen LogP contribution in [0.2, 0.25) is 0 Å². The minimum atomic E-state index is 0.308. The summed E-state index contributed by atoms with van der Waals surface area (Å²) < 4.78 is 7.99. The predicted octanol–water partition coefficient (Wildman–Crippen LogP) is 1.37. The van der Waals surface area contributed by atoms with Gasteiger partial charge in [-0.3, -0.25) is 9.88 Å². The molecule has 0 fully saturated rings. The van der Waals surface area contributed by atoms with E-state index in [1.165, 1.54) is 11.3 Å². The molecule has 3 heterocycles. The van der Waals surface area contributed by atoms with Crippen LogP contribution in [0.4, 0.5) is 0 Å². The minimum Gasteiger partial charge on any atom is -0.379 e. The molecule has 7 heteroatoms. The number of aryl methyl sites for hydroxylation is 1. The zero-order chi connectivity index (χ0) is 17.6. The molecule has 2 aromatic heterocycles. The van der Waals surface area contributed by atoms with Crippen LogP contribution in [0.3, 0.4) is 0 Å². The van der Waals surface area contributed by atoms with Gasteiger partial charge in [0.15, 0.2) is 0 Å². The molecule has 0 saturated carbocycles. The van der Waals surface area contributed by atoms with E-state index < -0.39 is 0 Å². The summed E-state index contributed by atoms with van der Waals surface area (Å²) in [4.78, 5) is 8.66. The van der Waals surface area contributed by atoms with Gasteiger partial charge >= 0.3 is 0 Å². The van der Waals surface area contributed by atoms with Crippen molar-refractivity contribution in [3.63, 3.8) is 0 Å². The van der Waals surface area contributed by atoms with Crippen molar-refractivity contribution >= 4 is 0 Å². The lowest BCUT2D eigenvalue weighted by Crippen LogP contribution is -2.36. The molecule has 0 N–H and O–H groups in total. The zero-order valence-corrected chi connectivity index (χ0v) is 15.4. The molecule has 0 amide bonds. The van der Waals surface area contributed by atoms with E-state index in [2.05, 4.69) is 58.2 Å². The summed E-state index contributed by atoms with van der Waals surface area (Å²) in [6.07, 6.45) is 3.69. The van der Waals surface area contributed by atoms with Gasteiger partial charge in [0.05, 0.1) is 18.9 Å². The van der Waals surface area contributed by atoms with Gasteiger partial charge in [-0.15, -0.1) is 5.10 Å². The van der Waals surface area contributed by atoms with Gasteiger partial charge in [0.25, 0.3) is 0 Å². The Balaban J connectivity index is 1.69. The first kappa shape index (κ1) is 18.0. The fourth-order valence-electron chi connectivity index (χ4n) is 3.29. The van der Waals surface area contributed by atoms with Crippen molar-refractivity contribution in [2.75, 3.05) is 40.4 Å². The molecule has 3 rings (SSSR count). The Labute approximate surface area is 149 Å². The lowest BCUT2D eigenvalue weighted by molar-refractivity contribution is 0.0832. The van der Waals surface area contributed by atoms with Crippen LogP contribution in [-0.4, -0.2) is 70.2 Å². The summed E-state index contributed by atoms with van der Waals surface area (Å²) in [7, 11) is 4.13. The molecule has 0 spiro atoms. The summed E-state index contributed by atoms with van der Waals surface area (Å²) >= 11 is 0. The normalized spacial score (nSPS) is 17.8. The van der Waals surface area contributed by atoms with Crippen molar-refractivity contribution in [1.29, 1.82) is 0 Å². The first-order chi connectivity index (χ1) is 12.2. The molecule has 0 radical (unpaired) electrons. The molecule has 1 aliphatic rings. The highest BCUT2D eigenvalue weighted by molar-refractivity contribution is 5.21. The second-order valence-electron chi connectivity index (χ2n) is 6.84. The first-order valence-corrected chi connectivity index (χ1v) is 8.93. The average molecular weight is 344 g/mol. The van der Waals surface area contributed by atoms with Crippen LogP contribution in [0.15, 0.2) is 24.5 Å². The Morgan fingerprint density at radius 3 is 2.80 bits per heavy atom. The van der Waals surface area contributed by atoms with Crippen molar-refractivity contribution < 1.29 is 4.74 Å². The van der Waals surface area contributed by atoms with Crippen molar-refractivity contribution in [2.24, 2.45) is 0 Å². The highest BCUT2D eigenvalue weighted by Crippen LogP contribution is 2.28. The van der Waals surface area contributed by atoms with Crippen molar-refractivity contribution in [2.45, 2.75) is 32.5 Å². The summed E-state index contributed by atoms with van der Waals surface area (Å²) in [5, 5.41) is 8.75. The third kappa shape index (κ3) is 4.62. The van der Waals surface area contributed by atoms with E-state index >= 15 is 0 Å². The SMILES string of the molecule is CCn1nnc2c1[C@H](COCCN(C)C)CN(Cc1ccncc1)C2. The van der Waals surface area contributed by atoms with E-state index in [0.717, 1.165) is 45.0 Å². The van der Waals surface area contributed by atoms with Crippen LogP contribution >= 0.6 is 0 Å². The molecule has 0 unspecified atom stereocenters. The number of ether oxygens (including phenoxy) is 1. The van der Waals surface area contributed by atoms with Gasteiger partial charge in [-0.2, -0.15) is 0 Å². The molecule has 0 aliphatic carbocycles. The molecule has 7 nitrogen and oxygen atoms in total. The van der Waals surface area contributed by atoms with E-state index in [9.17, 15) is 0 Å². The van der Waals surface area contributed by atoms with Crippen LogP contribution in [0.25, 0.3) is 0 Å². The Morgan fingerprint density at radius 2 is 2.08 bits per heavy atom. The highest BCUT2D eigenvalue weighted by Gasteiger charge is 2.30. The summed E-state index contributed by atoms with van der Waals surface area (Å²) in [6.45, 7) is 8.05. The number of hydrogen-bond donors (Lipinski definition) is 0. The smallest absolute Gasteiger partial charge is 0.100 e. The fraction of sp³-hybridized carbons (Fsp3) is 0.611. The number of fused-ring (bicyclic) bond motifs is 1. The molecular formula is C18H28N6O. The molecule has 0 saturated heterocycles. The Morgan fingerprint density at radius 1 is 1.28 bits per heavy atom. The van der Waals surface area contributed by atoms with Crippen LogP contribution in [-0.2, 0) is 24.4 Å². The Hall–Kier alpha value is -1.83. The van der Waals surface area contributed by atoms with Gasteiger partial charge in [0.2, 0.25) is 0 Å². The maximum absolute atomic E-state index is 5.96. The lowest BCUT2D eigenvalue weighted by Gasteiger charge is -2.32. The molecule has 0 bridgehead atoms. The molecule has 136 valence electrons. The number of likely N-dealkylation sites (N-methyl/N-ethyl adjacent to an activating group) is 1. The van der Waals surface area contributed by atoms with Gasteiger partial charge in [-0.05, 0) is 38.7 Å². The van der Waals surface area contributed by atoms with Crippen molar-refractivity contribution in [1.82, 2.24) is 29.8 Å². The number of rotatable bonds is 8. The number of hydrogen-bond acceptors (Lipinski definition) is 6. The van der Waals surface area contributed by atoms with E-state index in [4.69, 9.17) is 4.74 Å². The van der Waals surface area contributed by atoms with Crippen molar-refractivity contribution in [3.05, 3.63) is 41.5 Å². The largest absolute Gasteiger partial charge is 0.379 e. The maximum Gasteiger partial charge on any atom is 0.100 e. The Bertz CT molecular complexity index is 657. The highest BCUT2D eigenvalue weighted by atomic mass is 16.5. The van der Waals surface area contributed by atoms with Gasteiger partial charge < -0.3 is 9.64 Å². The standard InChI is InChI=1S/C18H28N6O/c1-4-24-18-16(14-25-10-9-22(2)3)12-23(13-17(18)20-21-24)11-15-5-7-19-8-6-15/h5-8,16H,4,9-14H2,1-3H3/t16-/m0/s1. The molecule has 1 aliphatic heterocycles. The van der Waals surface area contributed by atoms with Crippen LogP contribution < -0.4 is 0 Å². The maximum atomic E-state index is 5.96. The first-order valence-electron chi connectivity index (χ1n) is 8.93. The Kier molecular flexibility index (Phi) is 6.12. The van der Waals surface area contributed by atoms with Gasteiger partial charge in [-0.25, -0.2) is 4.68 Å². The van der Waals surface area contributed by atoms with Crippen LogP contribution in [0.5, 0.6) is 0 Å². The van der Waals surface area contributed by atoms with Crippen LogP contribution in [0, 0.1) is 0 Å². The second kappa shape index (κ2) is 8.51. The molecule has 25 heavy (non-hydrogen) atoms. The minimum absolute atomic E-state index is 0.308. The van der Waals surface area contributed by atoms with Gasteiger partial charge in [0, 0.05) is 51.0 Å². The number of nitrogens with zero attached hydrogens (tertiary/aromatic N) is 6. The van der Waals surface area contributed by atoms with Gasteiger partial charge in [-0.1, -0.05) is 5.21 Å². The molecule has 2 aromatic rings. The summed E-state index contributed by atoms with van der Waals surface area (Å²) in [5.74, 6) is 0.308. The third-order valence-electron chi connectivity index (χ3n) is 4.54. The van der Waals surface area contributed by atoms with E-state index in [1.54, 1.807) is 0 Å². The van der Waals surface area contributed by atoms with Crippen LogP contribution in [0.1, 0.15) is 29.8 Å². The number of aromatic nitrogens is 4. The second-order valence-corrected chi connectivity index (χ2v) is 6.84. The van der Waals surface area contributed by atoms with E-state index in [1.807, 2.05) is 17.1 Å². The lowest BCUT2D eigenvalue weighted by atomic mass is 9.98. The third-order valence-corrected chi connectivity index (χ3v) is 4.54. The average Bonchev–Trinajstić information content (AvgIpc) is 3.02. The fourth-order valence-corrected chi connectivity index (χ4v) is 3.29. The monoisotopic (exact) mass is 344 g/mol. The topological polar surface area (TPSA) is 59.3 Å². The number of pyridine rings is 1. The molecule has 1 atom stereocenters. The predicted molar refractivity (Wildman–Crippen MR) is 96.2 cm³/mol. The quantitative estimate of drug-likeness (QED) is 0.674. The van der Waals surface area contributed by atoms with Gasteiger partial charge in [0.1, 0.15) is 5.69 Å².